The maximum atomic E-state index is 13.3. The van der Waals surface area contributed by atoms with Crippen LogP contribution in [0.15, 0.2) is 106 Å². The van der Waals surface area contributed by atoms with E-state index in [-0.39, 0.29) is 11.3 Å². The lowest BCUT2D eigenvalue weighted by atomic mass is 9.53. The third-order valence-corrected chi connectivity index (χ3v) is 6.84. The summed E-state index contributed by atoms with van der Waals surface area (Å²) in [5.74, 6) is 0.161. The van der Waals surface area contributed by atoms with Gasteiger partial charge in [-0.2, -0.15) is 10.5 Å². The van der Waals surface area contributed by atoms with Crippen LogP contribution in [-0.2, 0) is 19.7 Å². The number of nitriles is 2. The standard InChI is InChI=1S/C28H20N2O3/c1-17-14-22-18(2)23-24(25(32-26(23)31)19(15-29)16-30)28(27(22,3)33-17,20-10-6-4-7-11-20)21-12-8-5-9-13-21/h4-14H,1-3H3/t27-/m1/s1. The fraction of sp³-hybridized carbons (Fsp3) is 0.179. The number of ether oxygens (including phenoxy) is 2. The number of carbonyl (C=O) groups excluding carboxylic acids is 1. The molecule has 3 aliphatic rings. The van der Waals surface area contributed by atoms with Gasteiger partial charge in [0.15, 0.2) is 11.3 Å². The summed E-state index contributed by atoms with van der Waals surface area (Å²) < 4.78 is 12.3. The van der Waals surface area contributed by atoms with E-state index in [0.717, 1.165) is 28.0 Å². The topological polar surface area (TPSA) is 83.1 Å². The summed E-state index contributed by atoms with van der Waals surface area (Å²) in [6, 6.07) is 23.3. The first-order valence-electron chi connectivity index (χ1n) is 10.6. The zero-order chi connectivity index (χ0) is 23.4. The average Bonchev–Trinajstić information content (AvgIpc) is 3.33. The molecule has 0 bridgehead atoms. The maximum Gasteiger partial charge on any atom is 0.344 e. The monoisotopic (exact) mass is 432 g/mol. The van der Waals surface area contributed by atoms with E-state index in [1.807, 2.05) is 99.6 Å². The van der Waals surface area contributed by atoms with E-state index in [4.69, 9.17) is 9.47 Å². The molecule has 5 rings (SSSR count). The van der Waals surface area contributed by atoms with Gasteiger partial charge in [-0.05, 0) is 43.5 Å². The number of benzene rings is 2. The minimum atomic E-state index is -1.06. The molecule has 0 saturated heterocycles. The number of carbonyl (C=O) groups is 1. The van der Waals surface area contributed by atoms with Crippen molar-refractivity contribution in [3.63, 3.8) is 0 Å². The fourth-order valence-electron chi connectivity index (χ4n) is 5.66. The summed E-state index contributed by atoms with van der Waals surface area (Å²) in [5.41, 5.74) is 1.94. The largest absolute Gasteiger partial charge is 0.486 e. The van der Waals surface area contributed by atoms with Crippen LogP contribution < -0.4 is 0 Å². The number of rotatable bonds is 2. The summed E-state index contributed by atoms with van der Waals surface area (Å²) in [5, 5.41) is 19.5. The Bertz CT molecular complexity index is 1360. The van der Waals surface area contributed by atoms with Crippen LogP contribution in [-0.4, -0.2) is 11.6 Å². The second kappa shape index (κ2) is 7.08. The van der Waals surface area contributed by atoms with Gasteiger partial charge in [0.2, 0.25) is 0 Å². The fourth-order valence-corrected chi connectivity index (χ4v) is 5.66. The Hall–Kier alpha value is -4.35. The molecule has 1 atom stereocenters. The van der Waals surface area contributed by atoms with Crippen molar-refractivity contribution in [2.75, 3.05) is 0 Å². The Morgan fingerprint density at radius 2 is 1.45 bits per heavy atom. The van der Waals surface area contributed by atoms with E-state index in [2.05, 4.69) is 0 Å². The molecule has 0 unspecified atom stereocenters. The minimum absolute atomic E-state index is 0.000448. The number of nitrogens with zero attached hydrogens (tertiary/aromatic N) is 2. The first-order valence-corrected chi connectivity index (χ1v) is 10.6. The molecule has 33 heavy (non-hydrogen) atoms. The van der Waals surface area contributed by atoms with Crippen molar-refractivity contribution in [2.24, 2.45) is 0 Å². The van der Waals surface area contributed by atoms with Crippen LogP contribution in [0.25, 0.3) is 0 Å². The second-order valence-corrected chi connectivity index (χ2v) is 8.48. The van der Waals surface area contributed by atoms with Crippen molar-refractivity contribution >= 4 is 5.97 Å². The Morgan fingerprint density at radius 1 is 0.909 bits per heavy atom. The van der Waals surface area contributed by atoms with Crippen LogP contribution in [0.3, 0.4) is 0 Å². The van der Waals surface area contributed by atoms with Crippen LogP contribution in [0.4, 0.5) is 0 Å². The lowest BCUT2D eigenvalue weighted by Crippen LogP contribution is -2.55. The van der Waals surface area contributed by atoms with Gasteiger partial charge in [0.1, 0.15) is 17.7 Å². The summed E-state index contributed by atoms with van der Waals surface area (Å²) in [6.07, 6.45) is 1.96. The lowest BCUT2D eigenvalue weighted by Gasteiger charge is -2.51. The SMILES string of the molecule is CC1=CC2=C(C)C3=C(C(=C(C#N)C#N)OC3=O)C(c3ccccc3)(c3ccccc3)[C@]2(C)O1. The van der Waals surface area contributed by atoms with Gasteiger partial charge >= 0.3 is 5.97 Å². The molecule has 5 heteroatoms. The molecule has 2 aromatic carbocycles. The van der Waals surface area contributed by atoms with Crippen LogP contribution in [0.2, 0.25) is 0 Å². The molecule has 2 heterocycles. The lowest BCUT2D eigenvalue weighted by molar-refractivity contribution is -0.133. The van der Waals surface area contributed by atoms with Crippen molar-refractivity contribution in [1.29, 1.82) is 10.5 Å². The van der Waals surface area contributed by atoms with Gasteiger partial charge in [-0.3, -0.25) is 0 Å². The highest BCUT2D eigenvalue weighted by molar-refractivity contribution is 6.02. The zero-order valence-electron chi connectivity index (χ0n) is 18.5. The third-order valence-electron chi connectivity index (χ3n) is 6.84. The van der Waals surface area contributed by atoms with Crippen LogP contribution in [0.1, 0.15) is 31.9 Å². The molecular formula is C28H20N2O3. The molecule has 1 aliphatic carbocycles. The van der Waals surface area contributed by atoms with Crippen molar-refractivity contribution in [2.45, 2.75) is 31.8 Å². The molecule has 0 fully saturated rings. The van der Waals surface area contributed by atoms with Gasteiger partial charge in [-0.15, -0.1) is 0 Å². The molecular weight excluding hydrogens is 412 g/mol. The quantitative estimate of drug-likeness (QED) is 0.484. The first kappa shape index (κ1) is 20.5. The zero-order valence-corrected chi connectivity index (χ0v) is 18.5. The molecule has 2 aromatic rings. The number of allylic oxidation sites excluding steroid dienone is 3. The maximum absolute atomic E-state index is 13.3. The summed E-state index contributed by atoms with van der Waals surface area (Å²) in [6.45, 7) is 5.76. The molecule has 0 amide bonds. The van der Waals surface area contributed by atoms with Gasteiger partial charge in [0.25, 0.3) is 0 Å². The van der Waals surface area contributed by atoms with Crippen LogP contribution in [0.5, 0.6) is 0 Å². The predicted molar refractivity (Wildman–Crippen MR) is 121 cm³/mol. The minimum Gasteiger partial charge on any atom is -0.486 e. The second-order valence-electron chi connectivity index (χ2n) is 8.48. The van der Waals surface area contributed by atoms with E-state index in [1.54, 1.807) is 0 Å². The van der Waals surface area contributed by atoms with Crippen molar-refractivity contribution in [3.8, 4) is 12.1 Å². The van der Waals surface area contributed by atoms with Crippen LogP contribution in [0, 0.1) is 22.7 Å². The molecule has 0 N–H and O–H groups in total. The summed E-state index contributed by atoms with van der Waals surface area (Å²) in [7, 11) is 0. The van der Waals surface area contributed by atoms with Crippen molar-refractivity contribution < 1.29 is 14.3 Å². The molecule has 5 nitrogen and oxygen atoms in total. The Balaban J connectivity index is 2.06. The van der Waals surface area contributed by atoms with E-state index in [1.165, 1.54) is 0 Å². The Morgan fingerprint density at radius 3 is 1.97 bits per heavy atom. The Labute approximate surface area is 192 Å². The van der Waals surface area contributed by atoms with Crippen molar-refractivity contribution in [3.05, 3.63) is 117 Å². The molecule has 2 aliphatic heterocycles. The van der Waals surface area contributed by atoms with E-state index in [0.29, 0.717) is 11.1 Å². The molecule has 0 aromatic heterocycles. The van der Waals surface area contributed by atoms with Crippen LogP contribution >= 0.6 is 0 Å². The number of hydrogen-bond donors (Lipinski definition) is 0. The van der Waals surface area contributed by atoms with E-state index in [9.17, 15) is 15.3 Å². The van der Waals surface area contributed by atoms with Gasteiger partial charge in [0.05, 0.1) is 16.7 Å². The predicted octanol–water partition coefficient (Wildman–Crippen LogP) is 5.15. The number of cyclic esters (lactones) is 1. The summed E-state index contributed by atoms with van der Waals surface area (Å²) in [4.78, 5) is 13.3. The highest BCUT2D eigenvalue weighted by atomic mass is 16.5. The van der Waals surface area contributed by atoms with Gasteiger partial charge < -0.3 is 9.47 Å². The normalized spacial score (nSPS) is 22.5. The van der Waals surface area contributed by atoms with Gasteiger partial charge in [0, 0.05) is 11.1 Å². The number of fused-ring (bicyclic) bond motifs is 1. The highest BCUT2D eigenvalue weighted by Crippen LogP contribution is 2.63. The molecule has 0 saturated carbocycles. The van der Waals surface area contributed by atoms with E-state index >= 15 is 0 Å². The molecule has 0 spiro atoms. The first-order chi connectivity index (χ1) is 15.9. The number of esters is 1. The third kappa shape index (κ3) is 2.48. The van der Waals surface area contributed by atoms with E-state index < -0.39 is 17.0 Å². The smallest absolute Gasteiger partial charge is 0.344 e. The van der Waals surface area contributed by atoms with Gasteiger partial charge in [-0.1, -0.05) is 60.7 Å². The van der Waals surface area contributed by atoms with Gasteiger partial charge in [-0.25, -0.2) is 4.79 Å². The summed E-state index contributed by atoms with van der Waals surface area (Å²) >= 11 is 0. The average molecular weight is 432 g/mol. The number of hydrogen-bond acceptors (Lipinski definition) is 5. The molecule has 160 valence electrons. The van der Waals surface area contributed by atoms with Crippen molar-refractivity contribution in [1.82, 2.24) is 0 Å². The highest BCUT2D eigenvalue weighted by Gasteiger charge is 2.65. The Kier molecular flexibility index (Phi) is 4.41. The molecule has 0 radical (unpaired) electrons.